The van der Waals surface area contributed by atoms with E-state index in [9.17, 15) is 18.3 Å². The highest BCUT2D eigenvalue weighted by molar-refractivity contribution is 7.92. The van der Waals surface area contributed by atoms with Crippen LogP contribution in [0.5, 0.6) is 0 Å². The third-order valence-electron chi connectivity index (χ3n) is 4.05. The zero-order chi connectivity index (χ0) is 14.0. The Balaban J connectivity index is 2.56. The molecule has 2 atom stereocenters. The topological polar surface area (TPSA) is 83.5 Å². The summed E-state index contributed by atoms with van der Waals surface area (Å²) in [6.45, 7) is 3.41. The van der Waals surface area contributed by atoms with Gasteiger partial charge < -0.3 is 10.4 Å². The third-order valence-corrected chi connectivity index (χ3v) is 6.09. The summed E-state index contributed by atoms with van der Waals surface area (Å²) in [4.78, 5) is 11.9. The van der Waals surface area contributed by atoms with Crippen molar-refractivity contribution < 1.29 is 18.3 Å². The van der Waals surface area contributed by atoms with Crippen molar-refractivity contribution in [2.45, 2.75) is 37.9 Å². The predicted octanol–water partition coefficient (Wildman–Crippen LogP) is 0.334. The number of hydrogen-bond donors (Lipinski definition) is 2. The lowest BCUT2D eigenvalue weighted by atomic mass is 9.97. The van der Waals surface area contributed by atoms with E-state index >= 15 is 0 Å². The normalized spacial score (nSPS) is 25.1. The average Bonchev–Trinajstić information content (AvgIpc) is 2.71. The summed E-state index contributed by atoms with van der Waals surface area (Å²) in [6, 6.07) is 0. The Morgan fingerprint density at radius 3 is 2.39 bits per heavy atom. The summed E-state index contributed by atoms with van der Waals surface area (Å²) in [5.74, 6) is 0.0227. The second-order valence-corrected chi connectivity index (χ2v) is 8.19. The van der Waals surface area contributed by atoms with Crippen molar-refractivity contribution in [3.8, 4) is 0 Å². The summed E-state index contributed by atoms with van der Waals surface area (Å²) < 4.78 is 21.6. The molecule has 1 amide bonds. The average molecular weight is 277 g/mol. The molecule has 1 saturated carbocycles. The van der Waals surface area contributed by atoms with E-state index in [0.29, 0.717) is 6.54 Å². The highest BCUT2D eigenvalue weighted by atomic mass is 32.2. The Kier molecular flexibility index (Phi) is 4.78. The van der Waals surface area contributed by atoms with Gasteiger partial charge in [0.25, 0.3) is 0 Å². The van der Waals surface area contributed by atoms with Crippen LogP contribution in [0.25, 0.3) is 0 Å². The maximum Gasteiger partial charge on any atom is 0.240 e. The molecular formula is C12H23NO4S. The molecule has 5 nitrogen and oxygen atoms in total. The van der Waals surface area contributed by atoms with Crippen LogP contribution < -0.4 is 5.32 Å². The monoisotopic (exact) mass is 277 g/mol. The largest absolute Gasteiger partial charge is 0.396 e. The molecule has 2 unspecified atom stereocenters. The van der Waals surface area contributed by atoms with E-state index in [0.717, 1.165) is 25.5 Å². The molecule has 0 aromatic carbocycles. The van der Waals surface area contributed by atoms with E-state index in [1.807, 2.05) is 0 Å². The van der Waals surface area contributed by atoms with E-state index < -0.39 is 20.5 Å². The van der Waals surface area contributed by atoms with Gasteiger partial charge in [-0.25, -0.2) is 8.42 Å². The first-order chi connectivity index (χ1) is 8.20. The Labute approximate surface area is 109 Å². The van der Waals surface area contributed by atoms with E-state index in [4.69, 9.17) is 0 Å². The highest BCUT2D eigenvalue weighted by Crippen LogP contribution is 2.30. The second-order valence-electron chi connectivity index (χ2n) is 5.63. The van der Waals surface area contributed by atoms with Crippen LogP contribution in [0.15, 0.2) is 0 Å². The number of amides is 1. The minimum atomic E-state index is -3.43. The molecule has 18 heavy (non-hydrogen) atoms. The summed E-state index contributed by atoms with van der Waals surface area (Å²) in [7, 11) is -3.43. The van der Waals surface area contributed by atoms with Crippen LogP contribution in [0.2, 0.25) is 0 Å². The maximum atomic E-state index is 11.9. The fraction of sp³-hybridized carbons (Fsp3) is 0.917. The molecule has 106 valence electrons. The number of carbonyl (C=O) groups excluding carboxylic acids is 1. The Morgan fingerprint density at radius 1 is 1.33 bits per heavy atom. The van der Waals surface area contributed by atoms with E-state index in [1.165, 1.54) is 13.8 Å². The molecule has 0 aliphatic heterocycles. The molecule has 0 heterocycles. The third kappa shape index (κ3) is 3.23. The minimum Gasteiger partial charge on any atom is -0.396 e. The standard InChI is InChI=1S/C12H23NO4S/c1-12(2,18(3,16)17)11(15)13-7-9-5-4-6-10(9)8-14/h9-10,14H,4-8H2,1-3H3,(H,13,15). The van der Waals surface area contributed by atoms with Gasteiger partial charge in [-0.05, 0) is 38.5 Å². The van der Waals surface area contributed by atoms with Gasteiger partial charge >= 0.3 is 0 Å². The number of aliphatic hydroxyl groups is 1. The number of hydrogen-bond acceptors (Lipinski definition) is 4. The second kappa shape index (κ2) is 5.57. The number of nitrogens with one attached hydrogen (secondary N) is 1. The number of carbonyl (C=O) groups is 1. The number of sulfone groups is 1. The van der Waals surface area contributed by atoms with Gasteiger partial charge in [0.15, 0.2) is 9.84 Å². The van der Waals surface area contributed by atoms with Crippen LogP contribution in [0, 0.1) is 11.8 Å². The number of aliphatic hydroxyl groups excluding tert-OH is 1. The Morgan fingerprint density at radius 2 is 1.89 bits per heavy atom. The molecular weight excluding hydrogens is 254 g/mol. The Hall–Kier alpha value is -0.620. The molecule has 1 rings (SSSR count). The van der Waals surface area contributed by atoms with Gasteiger partial charge in [0.2, 0.25) is 5.91 Å². The van der Waals surface area contributed by atoms with Crippen molar-refractivity contribution in [3.05, 3.63) is 0 Å². The molecule has 0 bridgehead atoms. The molecule has 0 aromatic heterocycles. The van der Waals surface area contributed by atoms with Crippen molar-refractivity contribution in [1.29, 1.82) is 0 Å². The van der Waals surface area contributed by atoms with Crippen LogP contribution in [0.1, 0.15) is 33.1 Å². The van der Waals surface area contributed by atoms with E-state index in [-0.39, 0.29) is 18.4 Å². The molecule has 0 spiro atoms. The fourth-order valence-corrected chi connectivity index (χ4v) is 2.64. The van der Waals surface area contributed by atoms with E-state index in [1.54, 1.807) is 0 Å². The van der Waals surface area contributed by atoms with Crippen molar-refractivity contribution >= 4 is 15.7 Å². The van der Waals surface area contributed by atoms with Gasteiger partial charge in [-0.3, -0.25) is 4.79 Å². The molecule has 0 radical (unpaired) electrons. The van der Waals surface area contributed by atoms with Crippen LogP contribution >= 0.6 is 0 Å². The lowest BCUT2D eigenvalue weighted by molar-refractivity contribution is -0.123. The maximum absolute atomic E-state index is 11.9. The predicted molar refractivity (Wildman–Crippen MR) is 69.8 cm³/mol. The van der Waals surface area contributed by atoms with Gasteiger partial charge in [-0.1, -0.05) is 6.42 Å². The molecule has 1 aliphatic carbocycles. The quantitative estimate of drug-likeness (QED) is 0.759. The van der Waals surface area contributed by atoms with Gasteiger partial charge in [0.05, 0.1) is 0 Å². The van der Waals surface area contributed by atoms with E-state index in [2.05, 4.69) is 5.32 Å². The smallest absolute Gasteiger partial charge is 0.240 e. The van der Waals surface area contributed by atoms with Crippen molar-refractivity contribution in [2.75, 3.05) is 19.4 Å². The number of rotatable bonds is 5. The molecule has 2 N–H and O–H groups in total. The van der Waals surface area contributed by atoms with Crippen molar-refractivity contribution in [2.24, 2.45) is 11.8 Å². The van der Waals surface area contributed by atoms with Crippen molar-refractivity contribution in [3.63, 3.8) is 0 Å². The Bertz CT molecular complexity index is 402. The van der Waals surface area contributed by atoms with Crippen LogP contribution in [0.3, 0.4) is 0 Å². The summed E-state index contributed by atoms with van der Waals surface area (Å²) >= 11 is 0. The minimum absolute atomic E-state index is 0.135. The van der Waals surface area contributed by atoms with Crippen LogP contribution in [-0.4, -0.2) is 43.6 Å². The zero-order valence-corrected chi connectivity index (χ0v) is 12.1. The van der Waals surface area contributed by atoms with Crippen molar-refractivity contribution in [1.82, 2.24) is 5.32 Å². The van der Waals surface area contributed by atoms with Gasteiger partial charge in [-0.2, -0.15) is 0 Å². The molecule has 6 heteroatoms. The van der Waals surface area contributed by atoms with Gasteiger partial charge in [0, 0.05) is 19.4 Å². The first kappa shape index (κ1) is 15.4. The van der Waals surface area contributed by atoms with Crippen LogP contribution in [-0.2, 0) is 14.6 Å². The first-order valence-electron chi connectivity index (χ1n) is 6.29. The molecule has 0 saturated heterocycles. The van der Waals surface area contributed by atoms with Gasteiger partial charge in [0.1, 0.15) is 4.75 Å². The lowest BCUT2D eigenvalue weighted by Crippen LogP contribution is -2.49. The zero-order valence-electron chi connectivity index (χ0n) is 11.3. The highest BCUT2D eigenvalue weighted by Gasteiger charge is 2.39. The van der Waals surface area contributed by atoms with Gasteiger partial charge in [-0.15, -0.1) is 0 Å². The molecule has 1 fully saturated rings. The molecule has 0 aromatic rings. The fourth-order valence-electron chi connectivity index (χ4n) is 2.23. The summed E-state index contributed by atoms with van der Waals surface area (Å²) in [5, 5.41) is 11.9. The van der Waals surface area contributed by atoms with Crippen LogP contribution in [0.4, 0.5) is 0 Å². The summed E-state index contributed by atoms with van der Waals surface area (Å²) in [6.07, 6.45) is 4.08. The molecule has 1 aliphatic rings. The SMILES string of the molecule is CC(C)(C(=O)NCC1CCCC1CO)S(C)(=O)=O. The first-order valence-corrected chi connectivity index (χ1v) is 8.18. The lowest BCUT2D eigenvalue weighted by Gasteiger charge is -2.24. The summed E-state index contributed by atoms with van der Waals surface area (Å²) in [5.41, 5.74) is 0.